The molecule has 0 spiro atoms. The van der Waals surface area contributed by atoms with E-state index in [1.54, 1.807) is 13.8 Å². The number of nitrogens with zero attached hydrogens (tertiary/aromatic N) is 1. The lowest BCUT2D eigenvalue weighted by Crippen LogP contribution is -2.40. The zero-order chi connectivity index (χ0) is 14.6. The fraction of sp³-hybridized carbons (Fsp3) is 0.545. The van der Waals surface area contributed by atoms with Crippen molar-refractivity contribution in [2.45, 2.75) is 24.8 Å². The summed E-state index contributed by atoms with van der Waals surface area (Å²) in [5.74, 6) is -1.20. The fourth-order valence-corrected chi connectivity index (χ4v) is 3.45. The number of sulfonamides is 1. The molecule has 0 radical (unpaired) electrons. The molecule has 0 aliphatic heterocycles. The number of nitrogens with one attached hydrogen (secondary N) is 1. The van der Waals surface area contributed by atoms with Crippen LogP contribution in [0.25, 0.3) is 0 Å². The smallest absolute Gasteiger partial charge is 0.352 e. The van der Waals surface area contributed by atoms with Gasteiger partial charge in [0.2, 0.25) is 10.0 Å². The van der Waals surface area contributed by atoms with Crippen LogP contribution in [0.1, 0.15) is 24.3 Å². The molecular formula is C11H18N2O5S. The summed E-state index contributed by atoms with van der Waals surface area (Å²) in [6, 6.07) is 0.781. The van der Waals surface area contributed by atoms with Gasteiger partial charge < -0.3 is 14.8 Å². The minimum atomic E-state index is -3.73. The van der Waals surface area contributed by atoms with Crippen LogP contribution in [0, 0.1) is 0 Å². The van der Waals surface area contributed by atoms with E-state index in [1.165, 1.54) is 17.6 Å². The first kappa shape index (κ1) is 15.7. The molecule has 0 saturated heterocycles. The van der Waals surface area contributed by atoms with Crippen LogP contribution in [0.4, 0.5) is 0 Å². The van der Waals surface area contributed by atoms with Gasteiger partial charge in [0.25, 0.3) is 0 Å². The minimum Gasteiger partial charge on any atom is -0.477 e. The summed E-state index contributed by atoms with van der Waals surface area (Å²) >= 11 is 0. The Balaban J connectivity index is 3.09. The molecule has 1 heterocycles. The molecule has 0 aliphatic carbocycles. The molecule has 1 aromatic rings. The zero-order valence-corrected chi connectivity index (χ0v) is 11.9. The van der Waals surface area contributed by atoms with E-state index in [4.69, 9.17) is 9.84 Å². The number of aromatic nitrogens is 1. The number of hydrogen-bond acceptors (Lipinski definition) is 4. The van der Waals surface area contributed by atoms with E-state index in [0.29, 0.717) is 0 Å². The van der Waals surface area contributed by atoms with Gasteiger partial charge in [-0.25, -0.2) is 13.2 Å². The Morgan fingerprint density at radius 1 is 1.58 bits per heavy atom. The Hall–Kier alpha value is -1.38. The third kappa shape index (κ3) is 3.34. The molecule has 1 aromatic heterocycles. The van der Waals surface area contributed by atoms with Gasteiger partial charge in [-0.3, -0.25) is 0 Å². The highest BCUT2D eigenvalue weighted by Gasteiger charge is 2.29. The van der Waals surface area contributed by atoms with Crippen molar-refractivity contribution in [3.05, 3.63) is 18.0 Å². The molecule has 0 aliphatic rings. The number of likely N-dealkylation sites (N-methyl/N-ethyl adjacent to an activating group) is 1. The number of hydrogen-bond donors (Lipinski definition) is 2. The molecule has 8 heteroatoms. The molecule has 108 valence electrons. The van der Waals surface area contributed by atoms with E-state index in [0.717, 1.165) is 6.07 Å². The van der Waals surface area contributed by atoms with Gasteiger partial charge in [-0.05, 0) is 13.0 Å². The molecule has 19 heavy (non-hydrogen) atoms. The Morgan fingerprint density at radius 3 is 2.63 bits per heavy atom. The normalized spacial score (nSPS) is 13.7. The van der Waals surface area contributed by atoms with Crippen LogP contribution in [-0.4, -0.2) is 55.1 Å². The highest BCUT2D eigenvalue weighted by molar-refractivity contribution is 7.89. The Morgan fingerprint density at radius 2 is 2.21 bits per heavy atom. The first-order chi connectivity index (χ1) is 8.84. The number of carboxylic acids is 1. The van der Waals surface area contributed by atoms with E-state index < -0.39 is 16.0 Å². The fourth-order valence-electron chi connectivity index (χ4n) is 1.83. The predicted octanol–water partition coefficient (Wildman–Crippen LogP) is 0.758. The lowest BCUT2D eigenvalue weighted by Gasteiger charge is -2.26. The Labute approximate surface area is 112 Å². The molecule has 0 bridgehead atoms. The molecule has 1 atom stereocenters. The molecule has 7 nitrogen and oxygen atoms in total. The topological polar surface area (TPSA) is 99.7 Å². The van der Waals surface area contributed by atoms with E-state index >= 15 is 0 Å². The molecule has 2 N–H and O–H groups in total. The number of carboxylic acid groups (broad SMARTS) is 1. The van der Waals surface area contributed by atoms with Crippen LogP contribution in [0.5, 0.6) is 0 Å². The summed E-state index contributed by atoms with van der Waals surface area (Å²) < 4.78 is 31.0. The number of ether oxygens (including phenoxy) is 1. The van der Waals surface area contributed by atoms with Gasteiger partial charge >= 0.3 is 5.97 Å². The second-order valence-corrected chi connectivity index (χ2v) is 5.96. The Kier molecular flexibility index (Phi) is 5.10. The largest absolute Gasteiger partial charge is 0.477 e. The standard InChI is InChI=1S/C11H18N2O5S/c1-4-13(8(2)7-18-3)19(16,17)9-5-10(11(14)15)12-6-9/h5-6,8,12H,4,7H2,1-3H3,(H,14,15). The second-order valence-electron chi connectivity index (χ2n) is 4.07. The molecule has 0 aromatic carbocycles. The number of aromatic amines is 1. The van der Waals surface area contributed by atoms with Crippen molar-refractivity contribution in [3.8, 4) is 0 Å². The maximum atomic E-state index is 12.4. The first-order valence-corrected chi connectivity index (χ1v) is 7.21. The molecule has 1 unspecified atom stereocenters. The monoisotopic (exact) mass is 290 g/mol. The van der Waals surface area contributed by atoms with Gasteiger partial charge in [0.05, 0.1) is 6.61 Å². The zero-order valence-electron chi connectivity index (χ0n) is 11.1. The van der Waals surface area contributed by atoms with Crippen molar-refractivity contribution in [3.63, 3.8) is 0 Å². The van der Waals surface area contributed by atoms with Crippen molar-refractivity contribution >= 4 is 16.0 Å². The molecule has 0 amide bonds. The lowest BCUT2D eigenvalue weighted by molar-refractivity contribution is 0.0691. The van der Waals surface area contributed by atoms with Gasteiger partial charge in [0.1, 0.15) is 10.6 Å². The highest BCUT2D eigenvalue weighted by atomic mass is 32.2. The summed E-state index contributed by atoms with van der Waals surface area (Å²) in [7, 11) is -2.23. The number of carbonyl (C=O) groups is 1. The summed E-state index contributed by atoms with van der Waals surface area (Å²) in [4.78, 5) is 13.1. The minimum absolute atomic E-state index is 0.0605. The third-order valence-electron chi connectivity index (χ3n) is 2.70. The van der Waals surface area contributed by atoms with Gasteiger partial charge in [-0.1, -0.05) is 6.92 Å². The summed E-state index contributed by atoms with van der Waals surface area (Å²) in [6.45, 7) is 3.99. The van der Waals surface area contributed by atoms with Crippen LogP contribution in [0.15, 0.2) is 17.2 Å². The molecule has 0 fully saturated rings. The summed E-state index contributed by atoms with van der Waals surface area (Å²) in [6.07, 6.45) is 1.18. The first-order valence-electron chi connectivity index (χ1n) is 5.77. The maximum Gasteiger partial charge on any atom is 0.352 e. The second kappa shape index (κ2) is 6.18. The van der Waals surface area contributed by atoms with Crippen LogP contribution in [0.3, 0.4) is 0 Å². The number of rotatable bonds is 7. The third-order valence-corrected chi connectivity index (χ3v) is 4.77. The van der Waals surface area contributed by atoms with E-state index in [2.05, 4.69) is 4.98 Å². The van der Waals surface area contributed by atoms with Crippen molar-refractivity contribution < 1.29 is 23.1 Å². The van der Waals surface area contributed by atoms with Crippen LogP contribution in [0.2, 0.25) is 0 Å². The summed E-state index contributed by atoms with van der Waals surface area (Å²) in [5, 5.41) is 8.79. The SMILES string of the molecule is CCN(C(C)COC)S(=O)(=O)c1c[nH]c(C(=O)O)c1. The van der Waals surface area contributed by atoms with Crippen LogP contribution in [-0.2, 0) is 14.8 Å². The van der Waals surface area contributed by atoms with E-state index in [1.807, 2.05) is 0 Å². The number of methoxy groups -OCH3 is 1. The lowest BCUT2D eigenvalue weighted by atomic mass is 10.4. The van der Waals surface area contributed by atoms with Crippen molar-refractivity contribution in [1.82, 2.24) is 9.29 Å². The average Bonchev–Trinajstić information content (AvgIpc) is 2.79. The molecule has 1 rings (SSSR count). The number of aromatic carboxylic acids is 1. The molecular weight excluding hydrogens is 272 g/mol. The van der Waals surface area contributed by atoms with Crippen molar-refractivity contribution in [1.29, 1.82) is 0 Å². The predicted molar refractivity (Wildman–Crippen MR) is 68.7 cm³/mol. The maximum absolute atomic E-state index is 12.4. The van der Waals surface area contributed by atoms with Gasteiger partial charge in [0, 0.05) is 25.9 Å². The van der Waals surface area contributed by atoms with Gasteiger partial charge in [-0.2, -0.15) is 4.31 Å². The van der Waals surface area contributed by atoms with Gasteiger partial charge in [-0.15, -0.1) is 0 Å². The quantitative estimate of drug-likeness (QED) is 0.772. The summed E-state index contributed by atoms with van der Waals surface area (Å²) in [5.41, 5.74) is -0.158. The average molecular weight is 290 g/mol. The highest BCUT2D eigenvalue weighted by Crippen LogP contribution is 2.19. The van der Waals surface area contributed by atoms with Crippen LogP contribution < -0.4 is 0 Å². The van der Waals surface area contributed by atoms with Gasteiger partial charge in [0.15, 0.2) is 0 Å². The van der Waals surface area contributed by atoms with Crippen molar-refractivity contribution in [2.75, 3.05) is 20.3 Å². The Bertz CT molecular complexity index is 537. The number of H-pyrrole nitrogens is 1. The van der Waals surface area contributed by atoms with Crippen LogP contribution >= 0.6 is 0 Å². The van der Waals surface area contributed by atoms with Crippen molar-refractivity contribution in [2.24, 2.45) is 0 Å². The van der Waals surface area contributed by atoms with E-state index in [9.17, 15) is 13.2 Å². The van der Waals surface area contributed by atoms with E-state index in [-0.39, 0.29) is 29.8 Å². The molecule has 0 saturated carbocycles.